The summed E-state index contributed by atoms with van der Waals surface area (Å²) in [6.07, 6.45) is 4.48. The van der Waals surface area contributed by atoms with Crippen molar-refractivity contribution in [2.24, 2.45) is 0 Å². The van der Waals surface area contributed by atoms with Gasteiger partial charge >= 0.3 is 0 Å². The van der Waals surface area contributed by atoms with Gasteiger partial charge in [0.1, 0.15) is 6.10 Å². The molecule has 1 fully saturated rings. The summed E-state index contributed by atoms with van der Waals surface area (Å²) < 4.78 is 5.77. The van der Waals surface area contributed by atoms with E-state index in [9.17, 15) is 9.59 Å². The molecule has 1 aliphatic rings. The smallest absolute Gasteiger partial charge is 0.295 e. The molecular formula is C19H18N4O3. The lowest BCUT2D eigenvalue weighted by Gasteiger charge is -2.31. The Morgan fingerprint density at radius 1 is 1.12 bits per heavy atom. The van der Waals surface area contributed by atoms with Crippen molar-refractivity contribution in [2.75, 3.05) is 13.1 Å². The Kier molecular flexibility index (Phi) is 4.35. The Morgan fingerprint density at radius 2 is 1.92 bits per heavy atom. The average molecular weight is 350 g/mol. The number of nitrogens with zero attached hydrogens (tertiary/aromatic N) is 3. The number of piperidine rings is 1. The van der Waals surface area contributed by atoms with Crippen LogP contribution in [0.2, 0.25) is 0 Å². The SMILES string of the molecule is O=C(C(=O)N1CCC(Oc2cccnn2)CC1)c1c[nH]c2ccccc12. The van der Waals surface area contributed by atoms with Gasteiger partial charge in [-0.2, -0.15) is 5.10 Å². The van der Waals surface area contributed by atoms with Gasteiger partial charge in [-0.1, -0.05) is 18.2 Å². The van der Waals surface area contributed by atoms with Gasteiger partial charge in [0.15, 0.2) is 0 Å². The minimum atomic E-state index is -0.476. The molecule has 3 aromatic rings. The highest BCUT2D eigenvalue weighted by Gasteiger charge is 2.29. The number of nitrogens with one attached hydrogen (secondary N) is 1. The van der Waals surface area contributed by atoms with Crippen LogP contribution in [0.15, 0.2) is 48.8 Å². The summed E-state index contributed by atoms with van der Waals surface area (Å²) in [6.45, 7) is 0.968. The van der Waals surface area contributed by atoms with Crippen LogP contribution in [0, 0.1) is 0 Å². The maximum absolute atomic E-state index is 12.6. The first-order valence-electron chi connectivity index (χ1n) is 8.56. The third-order valence-electron chi connectivity index (χ3n) is 4.59. The van der Waals surface area contributed by atoms with Gasteiger partial charge in [0.05, 0.1) is 5.56 Å². The normalized spacial score (nSPS) is 15.2. The summed E-state index contributed by atoms with van der Waals surface area (Å²) in [6, 6.07) is 11.0. The molecule has 0 aliphatic carbocycles. The van der Waals surface area contributed by atoms with Gasteiger partial charge in [0.25, 0.3) is 11.7 Å². The molecule has 0 spiro atoms. The zero-order valence-corrected chi connectivity index (χ0v) is 14.1. The van der Waals surface area contributed by atoms with E-state index < -0.39 is 11.7 Å². The number of aromatic nitrogens is 3. The van der Waals surface area contributed by atoms with Crippen LogP contribution in [0.3, 0.4) is 0 Å². The number of ether oxygens (including phenoxy) is 1. The van der Waals surface area contributed by atoms with E-state index in [1.807, 2.05) is 24.3 Å². The van der Waals surface area contributed by atoms with Gasteiger partial charge < -0.3 is 14.6 Å². The van der Waals surface area contributed by atoms with Gasteiger partial charge in [-0.15, -0.1) is 5.10 Å². The van der Waals surface area contributed by atoms with E-state index in [4.69, 9.17) is 4.74 Å². The number of aromatic amines is 1. The van der Waals surface area contributed by atoms with Gasteiger partial charge in [0.2, 0.25) is 5.88 Å². The van der Waals surface area contributed by atoms with E-state index in [-0.39, 0.29) is 6.10 Å². The monoisotopic (exact) mass is 350 g/mol. The maximum atomic E-state index is 12.6. The van der Waals surface area contributed by atoms with E-state index in [1.165, 1.54) is 0 Å². The Balaban J connectivity index is 1.39. The van der Waals surface area contributed by atoms with Crippen LogP contribution in [-0.2, 0) is 4.79 Å². The summed E-state index contributed by atoms with van der Waals surface area (Å²) in [7, 11) is 0. The molecule has 7 heteroatoms. The molecule has 1 aliphatic heterocycles. The number of carbonyl (C=O) groups is 2. The third-order valence-corrected chi connectivity index (χ3v) is 4.59. The number of para-hydroxylation sites is 1. The van der Waals surface area contributed by atoms with E-state index in [0.717, 1.165) is 10.9 Å². The number of hydrogen-bond donors (Lipinski definition) is 1. The largest absolute Gasteiger partial charge is 0.473 e. The van der Waals surface area contributed by atoms with E-state index >= 15 is 0 Å². The number of rotatable bonds is 4. The van der Waals surface area contributed by atoms with E-state index in [1.54, 1.807) is 29.4 Å². The van der Waals surface area contributed by atoms with Crippen LogP contribution in [0.4, 0.5) is 0 Å². The van der Waals surface area contributed by atoms with Gasteiger partial charge in [-0.05, 0) is 12.1 Å². The fourth-order valence-corrected chi connectivity index (χ4v) is 3.22. The van der Waals surface area contributed by atoms with Crippen LogP contribution < -0.4 is 4.74 Å². The van der Waals surface area contributed by atoms with Crippen LogP contribution in [0.1, 0.15) is 23.2 Å². The molecule has 0 radical (unpaired) electrons. The molecule has 0 bridgehead atoms. The van der Waals surface area contributed by atoms with Crippen molar-refractivity contribution in [2.45, 2.75) is 18.9 Å². The minimum absolute atomic E-state index is 0.0288. The molecule has 0 atom stereocenters. The van der Waals surface area contributed by atoms with E-state index in [2.05, 4.69) is 15.2 Å². The minimum Gasteiger partial charge on any atom is -0.473 e. The lowest BCUT2D eigenvalue weighted by atomic mass is 10.0. The second-order valence-electron chi connectivity index (χ2n) is 6.25. The van der Waals surface area contributed by atoms with Crippen LogP contribution in [0.5, 0.6) is 5.88 Å². The predicted octanol–water partition coefficient (Wildman–Crippen LogP) is 2.21. The number of carbonyl (C=O) groups excluding carboxylic acids is 2. The predicted molar refractivity (Wildman–Crippen MR) is 94.9 cm³/mol. The van der Waals surface area contributed by atoms with Crippen molar-refractivity contribution < 1.29 is 14.3 Å². The molecule has 1 aromatic carbocycles. The van der Waals surface area contributed by atoms with Crippen molar-refractivity contribution in [3.05, 3.63) is 54.4 Å². The summed E-state index contributed by atoms with van der Waals surface area (Å²) in [5.41, 5.74) is 1.27. The Morgan fingerprint density at radius 3 is 2.69 bits per heavy atom. The maximum Gasteiger partial charge on any atom is 0.295 e. The molecule has 3 heterocycles. The van der Waals surface area contributed by atoms with Crippen molar-refractivity contribution >= 4 is 22.6 Å². The first kappa shape index (κ1) is 16.3. The van der Waals surface area contributed by atoms with Gasteiger partial charge in [-0.3, -0.25) is 9.59 Å². The highest BCUT2D eigenvalue weighted by molar-refractivity contribution is 6.44. The molecule has 1 N–H and O–H groups in total. The second-order valence-corrected chi connectivity index (χ2v) is 6.25. The standard InChI is InChI=1S/C19H18N4O3/c24-18(15-12-20-16-5-2-1-4-14(15)16)19(25)23-10-7-13(8-11-23)26-17-6-3-9-21-22-17/h1-6,9,12-13,20H,7-8,10-11H2. The zero-order chi connectivity index (χ0) is 17.9. The Hall–Kier alpha value is -3.22. The zero-order valence-electron chi connectivity index (χ0n) is 14.1. The molecule has 132 valence electrons. The number of fused-ring (bicyclic) bond motifs is 1. The summed E-state index contributed by atoms with van der Waals surface area (Å²) in [5.74, 6) is -0.462. The van der Waals surface area contributed by atoms with Crippen molar-refractivity contribution in [3.8, 4) is 5.88 Å². The lowest BCUT2D eigenvalue weighted by Crippen LogP contribution is -2.44. The topological polar surface area (TPSA) is 88.2 Å². The quantitative estimate of drug-likeness (QED) is 0.576. The molecule has 0 saturated carbocycles. The molecule has 1 saturated heterocycles. The molecule has 1 amide bonds. The van der Waals surface area contributed by atoms with Crippen LogP contribution >= 0.6 is 0 Å². The van der Waals surface area contributed by atoms with Crippen molar-refractivity contribution in [1.82, 2.24) is 20.1 Å². The summed E-state index contributed by atoms with van der Waals surface area (Å²) in [4.78, 5) is 29.9. The second kappa shape index (κ2) is 6.95. The van der Waals surface area contributed by atoms with E-state index in [0.29, 0.717) is 37.4 Å². The number of H-pyrrole nitrogens is 1. The fourth-order valence-electron chi connectivity index (χ4n) is 3.22. The number of ketones is 1. The molecular weight excluding hydrogens is 332 g/mol. The molecule has 7 nitrogen and oxygen atoms in total. The van der Waals surface area contributed by atoms with Crippen LogP contribution in [-0.4, -0.2) is 51.0 Å². The number of Topliss-reactive ketones (excluding diaryl/α,β-unsaturated/α-hetero) is 1. The first-order chi connectivity index (χ1) is 12.7. The van der Waals surface area contributed by atoms with Crippen molar-refractivity contribution in [3.63, 3.8) is 0 Å². The number of amides is 1. The third kappa shape index (κ3) is 3.15. The summed E-state index contributed by atoms with van der Waals surface area (Å²) >= 11 is 0. The van der Waals surface area contributed by atoms with Crippen molar-refractivity contribution in [1.29, 1.82) is 0 Å². The number of benzene rings is 1. The number of hydrogen-bond acceptors (Lipinski definition) is 5. The van der Waals surface area contributed by atoms with Crippen LogP contribution in [0.25, 0.3) is 10.9 Å². The Labute approximate surface area is 150 Å². The molecule has 2 aromatic heterocycles. The van der Waals surface area contributed by atoms with Gasteiger partial charge in [0, 0.05) is 55.3 Å². The molecule has 0 unspecified atom stereocenters. The summed E-state index contributed by atoms with van der Waals surface area (Å²) in [5, 5.41) is 8.46. The highest BCUT2D eigenvalue weighted by Crippen LogP contribution is 2.21. The molecule has 26 heavy (non-hydrogen) atoms. The first-order valence-corrected chi connectivity index (χ1v) is 8.56. The fraction of sp³-hybridized carbons (Fsp3) is 0.263. The highest BCUT2D eigenvalue weighted by atomic mass is 16.5. The lowest BCUT2D eigenvalue weighted by molar-refractivity contribution is -0.128. The number of likely N-dealkylation sites (tertiary alicyclic amines) is 1. The molecule has 4 rings (SSSR count). The Bertz CT molecular complexity index is 930. The van der Waals surface area contributed by atoms with Gasteiger partial charge in [-0.25, -0.2) is 0 Å². The average Bonchev–Trinajstić information content (AvgIpc) is 3.12.